The average molecular weight is 434 g/mol. The lowest BCUT2D eigenvalue weighted by Crippen LogP contribution is -2.42. The van der Waals surface area contributed by atoms with Crippen LogP contribution in [-0.2, 0) is 20.7 Å². The minimum atomic E-state index is -0.404. The molecule has 2 aromatic rings. The van der Waals surface area contributed by atoms with Gasteiger partial charge in [-0.1, -0.05) is 59.8 Å². The van der Waals surface area contributed by atoms with Gasteiger partial charge in [0.2, 0.25) is 5.91 Å². The first kappa shape index (κ1) is 21.2. The lowest BCUT2D eigenvalue weighted by atomic mass is 10.1. The van der Waals surface area contributed by atoms with E-state index in [0.717, 1.165) is 11.1 Å². The van der Waals surface area contributed by atoms with Crippen LogP contribution in [0.1, 0.15) is 11.1 Å². The van der Waals surface area contributed by atoms with E-state index < -0.39 is 5.25 Å². The molecule has 0 saturated carbocycles. The van der Waals surface area contributed by atoms with Crippen LogP contribution in [0, 0.1) is 18.3 Å². The maximum Gasteiger partial charge on any atom is 0.267 e. The number of hydrogen-bond acceptors (Lipinski definition) is 5. The molecule has 7 heteroatoms. The Morgan fingerprint density at radius 2 is 1.81 bits per heavy atom. The third-order valence-corrected chi connectivity index (χ3v) is 6.61. The minimum absolute atomic E-state index is 0.00973. The molecule has 2 aliphatic rings. The maximum absolute atomic E-state index is 13.4. The van der Waals surface area contributed by atoms with Crippen LogP contribution in [0.2, 0.25) is 0 Å². The van der Waals surface area contributed by atoms with Gasteiger partial charge in [0.25, 0.3) is 5.91 Å². The van der Waals surface area contributed by atoms with Crippen molar-refractivity contribution < 1.29 is 14.3 Å². The van der Waals surface area contributed by atoms with Crippen molar-refractivity contribution in [1.82, 2.24) is 4.90 Å². The number of carbonyl (C=O) groups is 2. The Balaban J connectivity index is 1.71. The van der Waals surface area contributed by atoms with E-state index in [-0.39, 0.29) is 17.4 Å². The highest BCUT2D eigenvalue weighted by Crippen LogP contribution is 2.42. The lowest BCUT2D eigenvalue weighted by molar-refractivity contribution is -0.130. The molecule has 2 aromatic carbocycles. The number of morpholine rings is 1. The van der Waals surface area contributed by atoms with Crippen molar-refractivity contribution in [3.05, 3.63) is 76.3 Å². The summed E-state index contributed by atoms with van der Waals surface area (Å²) in [5.41, 5.74) is 2.87. The molecule has 0 N–H and O–H groups in total. The monoisotopic (exact) mass is 433 g/mol. The van der Waals surface area contributed by atoms with Gasteiger partial charge in [-0.25, -0.2) is 0 Å². The molecule has 158 valence electrons. The molecule has 1 atom stereocenters. The molecular formula is C24H23N3O3S. The quantitative estimate of drug-likeness (QED) is 0.547. The Morgan fingerprint density at radius 1 is 1.13 bits per heavy atom. The van der Waals surface area contributed by atoms with Crippen molar-refractivity contribution in [2.24, 2.45) is 0 Å². The van der Waals surface area contributed by atoms with Gasteiger partial charge in [0, 0.05) is 18.8 Å². The molecule has 0 radical (unpaired) electrons. The van der Waals surface area contributed by atoms with E-state index in [9.17, 15) is 14.9 Å². The molecule has 2 aliphatic heterocycles. The number of nitrogens with zero attached hydrogens (tertiary/aromatic N) is 3. The fraction of sp³-hybridized carbons (Fsp3) is 0.292. The predicted molar refractivity (Wildman–Crippen MR) is 120 cm³/mol. The fourth-order valence-electron chi connectivity index (χ4n) is 3.65. The van der Waals surface area contributed by atoms with E-state index in [0.29, 0.717) is 43.4 Å². The maximum atomic E-state index is 13.4. The van der Waals surface area contributed by atoms with E-state index in [4.69, 9.17) is 4.74 Å². The Bertz CT molecular complexity index is 1040. The first-order valence-corrected chi connectivity index (χ1v) is 11.1. The first-order valence-electron chi connectivity index (χ1n) is 10.2. The second kappa shape index (κ2) is 9.38. The number of para-hydroxylation sites is 1. The normalized spacial score (nSPS) is 20.5. The summed E-state index contributed by atoms with van der Waals surface area (Å²) in [6, 6.07) is 19.4. The predicted octanol–water partition coefficient (Wildman–Crippen LogP) is 3.28. The van der Waals surface area contributed by atoms with Gasteiger partial charge < -0.3 is 9.64 Å². The van der Waals surface area contributed by atoms with Gasteiger partial charge in [-0.05, 0) is 31.0 Å². The molecule has 2 amide bonds. The Kier molecular flexibility index (Phi) is 6.40. The highest BCUT2D eigenvalue weighted by atomic mass is 32.2. The number of nitriles is 1. The molecule has 31 heavy (non-hydrogen) atoms. The Morgan fingerprint density at radius 3 is 2.45 bits per heavy atom. The third kappa shape index (κ3) is 4.50. The molecule has 0 aliphatic carbocycles. The van der Waals surface area contributed by atoms with Crippen LogP contribution in [-0.4, -0.2) is 48.3 Å². The van der Waals surface area contributed by atoms with Crippen LogP contribution in [0.3, 0.4) is 0 Å². The standard InChI is InChI=1S/C24H23N3O3S/c1-17-7-9-18(10-8-17)15-21-23(29)27(19-5-3-2-4-6-19)24(31-21)20(16-25)22(28)26-11-13-30-14-12-26/h2-10,21H,11-15H2,1H3. The van der Waals surface area contributed by atoms with E-state index in [1.807, 2.05) is 61.5 Å². The first-order chi connectivity index (χ1) is 15.1. The highest BCUT2D eigenvalue weighted by Gasteiger charge is 2.41. The Labute approximate surface area is 186 Å². The van der Waals surface area contributed by atoms with Crippen molar-refractivity contribution in [2.45, 2.75) is 18.6 Å². The SMILES string of the molecule is Cc1ccc(CC2SC(=C(C#N)C(=O)N3CCOCC3)N(c3ccccc3)C2=O)cc1. The molecule has 4 rings (SSSR count). The summed E-state index contributed by atoms with van der Waals surface area (Å²) in [5, 5.41) is 9.91. The van der Waals surface area contributed by atoms with Gasteiger partial charge in [0.15, 0.2) is 0 Å². The van der Waals surface area contributed by atoms with Crippen LogP contribution in [0.25, 0.3) is 0 Å². The molecular weight excluding hydrogens is 410 g/mol. The van der Waals surface area contributed by atoms with Gasteiger partial charge in [-0.15, -0.1) is 0 Å². The van der Waals surface area contributed by atoms with E-state index in [2.05, 4.69) is 6.07 Å². The zero-order valence-electron chi connectivity index (χ0n) is 17.3. The Hall–Kier alpha value is -3.08. The largest absolute Gasteiger partial charge is 0.378 e. The molecule has 2 fully saturated rings. The number of aryl methyl sites for hydroxylation is 1. The summed E-state index contributed by atoms with van der Waals surface area (Å²) in [4.78, 5) is 29.7. The smallest absolute Gasteiger partial charge is 0.267 e. The number of hydrogen-bond donors (Lipinski definition) is 0. The summed E-state index contributed by atoms with van der Waals surface area (Å²) >= 11 is 1.30. The van der Waals surface area contributed by atoms with Crippen LogP contribution < -0.4 is 4.90 Å². The van der Waals surface area contributed by atoms with Crippen molar-refractivity contribution in [1.29, 1.82) is 5.26 Å². The average Bonchev–Trinajstić information content (AvgIpc) is 3.12. The number of rotatable bonds is 4. The zero-order valence-corrected chi connectivity index (χ0v) is 18.1. The van der Waals surface area contributed by atoms with Crippen LogP contribution in [0.4, 0.5) is 5.69 Å². The summed E-state index contributed by atoms with van der Waals surface area (Å²) in [6.07, 6.45) is 0.529. The minimum Gasteiger partial charge on any atom is -0.378 e. The molecule has 1 unspecified atom stereocenters. The number of anilines is 1. The van der Waals surface area contributed by atoms with Crippen molar-refractivity contribution in [2.75, 3.05) is 31.2 Å². The zero-order chi connectivity index (χ0) is 21.8. The topological polar surface area (TPSA) is 73.6 Å². The summed E-state index contributed by atoms with van der Waals surface area (Å²) < 4.78 is 5.33. The number of ether oxygens (including phenoxy) is 1. The second-order valence-electron chi connectivity index (χ2n) is 7.50. The number of carbonyl (C=O) groups excluding carboxylic acids is 2. The van der Waals surface area contributed by atoms with Gasteiger partial charge in [0.1, 0.15) is 16.7 Å². The van der Waals surface area contributed by atoms with Crippen LogP contribution in [0.15, 0.2) is 65.2 Å². The molecule has 6 nitrogen and oxygen atoms in total. The number of benzene rings is 2. The van der Waals surface area contributed by atoms with Crippen LogP contribution >= 0.6 is 11.8 Å². The second-order valence-corrected chi connectivity index (χ2v) is 8.69. The van der Waals surface area contributed by atoms with Gasteiger partial charge in [-0.3, -0.25) is 14.5 Å². The molecule has 0 aromatic heterocycles. The van der Waals surface area contributed by atoms with Crippen LogP contribution in [0.5, 0.6) is 0 Å². The van der Waals surface area contributed by atoms with Gasteiger partial charge in [0.05, 0.1) is 18.5 Å². The van der Waals surface area contributed by atoms with Gasteiger partial charge >= 0.3 is 0 Å². The van der Waals surface area contributed by atoms with Crippen molar-refractivity contribution in [3.8, 4) is 6.07 Å². The van der Waals surface area contributed by atoms with Crippen molar-refractivity contribution >= 4 is 29.3 Å². The molecule has 2 heterocycles. The summed E-state index contributed by atoms with van der Waals surface area (Å²) in [5.74, 6) is -0.465. The van der Waals surface area contributed by atoms with Crippen molar-refractivity contribution in [3.63, 3.8) is 0 Å². The highest BCUT2D eigenvalue weighted by molar-refractivity contribution is 8.05. The molecule has 0 spiro atoms. The van der Waals surface area contributed by atoms with E-state index in [1.54, 1.807) is 4.90 Å². The molecule has 2 saturated heterocycles. The van der Waals surface area contributed by atoms with E-state index >= 15 is 0 Å². The summed E-state index contributed by atoms with van der Waals surface area (Å²) in [7, 11) is 0. The third-order valence-electron chi connectivity index (χ3n) is 5.35. The molecule has 0 bridgehead atoms. The summed E-state index contributed by atoms with van der Waals surface area (Å²) in [6.45, 7) is 3.80. The fourth-order valence-corrected chi connectivity index (χ4v) is 4.96. The number of amides is 2. The number of thioether (sulfide) groups is 1. The lowest BCUT2D eigenvalue weighted by Gasteiger charge is -2.27. The van der Waals surface area contributed by atoms with E-state index in [1.165, 1.54) is 16.7 Å². The van der Waals surface area contributed by atoms with Gasteiger partial charge in [-0.2, -0.15) is 5.26 Å².